The maximum Gasteiger partial charge on any atom is 0.161 e. The molecule has 0 atom stereocenters. The molecular weight excluding hydrogens is 374 g/mol. The number of rotatable bonds is 3. The lowest BCUT2D eigenvalue weighted by atomic mass is 10.1. The van der Waals surface area contributed by atoms with Crippen LogP contribution in [0.2, 0.25) is 10.2 Å². The summed E-state index contributed by atoms with van der Waals surface area (Å²) < 4.78 is 14.3. The van der Waals surface area contributed by atoms with E-state index >= 15 is 0 Å². The second-order valence-corrected chi connectivity index (χ2v) is 6.37. The van der Waals surface area contributed by atoms with Crippen molar-refractivity contribution in [1.82, 2.24) is 15.0 Å². The number of nitrogens with zero attached hydrogens (tertiary/aromatic N) is 3. The minimum atomic E-state index is -0.407. The Kier molecular flexibility index (Phi) is 4.41. The molecule has 7 heteroatoms. The summed E-state index contributed by atoms with van der Waals surface area (Å²) >= 11 is 12.0. The van der Waals surface area contributed by atoms with Gasteiger partial charge in [-0.1, -0.05) is 23.2 Å². The van der Waals surface area contributed by atoms with Crippen molar-refractivity contribution >= 4 is 45.6 Å². The molecule has 0 unspecified atom stereocenters. The van der Waals surface area contributed by atoms with E-state index in [4.69, 9.17) is 23.2 Å². The summed E-state index contributed by atoms with van der Waals surface area (Å²) in [6.45, 7) is 0. The van der Waals surface area contributed by atoms with Gasteiger partial charge < -0.3 is 5.32 Å². The van der Waals surface area contributed by atoms with Crippen LogP contribution < -0.4 is 5.32 Å². The normalized spacial score (nSPS) is 10.9. The van der Waals surface area contributed by atoms with E-state index < -0.39 is 5.82 Å². The molecule has 0 radical (unpaired) electrons. The summed E-state index contributed by atoms with van der Waals surface area (Å²) in [7, 11) is 0. The minimum absolute atomic E-state index is 0.306. The average molecular weight is 385 g/mol. The fourth-order valence-electron chi connectivity index (χ4n) is 2.63. The monoisotopic (exact) mass is 384 g/mol. The Bertz CT molecular complexity index is 1120. The van der Waals surface area contributed by atoms with Crippen LogP contribution in [-0.4, -0.2) is 15.0 Å². The first-order valence-electron chi connectivity index (χ1n) is 7.70. The van der Waals surface area contributed by atoms with E-state index in [1.165, 1.54) is 12.1 Å². The first-order chi connectivity index (χ1) is 12.6. The van der Waals surface area contributed by atoms with Gasteiger partial charge in [0.2, 0.25) is 0 Å². The molecule has 0 bridgehead atoms. The molecule has 3 heterocycles. The van der Waals surface area contributed by atoms with Crippen LogP contribution in [0.15, 0.2) is 60.9 Å². The van der Waals surface area contributed by atoms with Gasteiger partial charge in [-0.3, -0.25) is 0 Å². The molecule has 0 aliphatic rings. The highest BCUT2D eigenvalue weighted by Crippen LogP contribution is 2.32. The first-order valence-corrected chi connectivity index (χ1v) is 8.45. The van der Waals surface area contributed by atoms with Crippen LogP contribution in [0.5, 0.6) is 0 Å². The van der Waals surface area contributed by atoms with Crippen LogP contribution in [0.1, 0.15) is 0 Å². The fourth-order valence-corrected chi connectivity index (χ4v) is 2.97. The molecule has 0 fully saturated rings. The fraction of sp³-hybridized carbons (Fsp3) is 0. The van der Waals surface area contributed by atoms with Gasteiger partial charge in [-0.25, -0.2) is 19.3 Å². The smallest absolute Gasteiger partial charge is 0.161 e. The molecule has 0 saturated carbocycles. The van der Waals surface area contributed by atoms with Crippen molar-refractivity contribution in [3.63, 3.8) is 0 Å². The average Bonchev–Trinajstić information content (AvgIpc) is 2.64. The number of halogens is 3. The molecule has 0 aliphatic heterocycles. The second kappa shape index (κ2) is 6.86. The second-order valence-electron chi connectivity index (χ2n) is 5.55. The highest BCUT2D eigenvalue weighted by atomic mass is 35.5. The van der Waals surface area contributed by atoms with E-state index in [9.17, 15) is 4.39 Å². The number of benzene rings is 1. The van der Waals surface area contributed by atoms with Gasteiger partial charge in [0, 0.05) is 34.1 Å². The van der Waals surface area contributed by atoms with Gasteiger partial charge in [0.15, 0.2) is 5.65 Å². The van der Waals surface area contributed by atoms with Crippen LogP contribution in [0.3, 0.4) is 0 Å². The van der Waals surface area contributed by atoms with E-state index in [1.54, 1.807) is 36.7 Å². The van der Waals surface area contributed by atoms with Gasteiger partial charge >= 0.3 is 0 Å². The van der Waals surface area contributed by atoms with Crippen LogP contribution in [-0.2, 0) is 0 Å². The van der Waals surface area contributed by atoms with Crippen LogP contribution in [0, 0.1) is 5.82 Å². The van der Waals surface area contributed by atoms with Crippen LogP contribution in [0.4, 0.5) is 15.8 Å². The van der Waals surface area contributed by atoms with Gasteiger partial charge in [-0.2, -0.15) is 0 Å². The highest BCUT2D eigenvalue weighted by molar-refractivity contribution is 6.31. The lowest BCUT2D eigenvalue weighted by molar-refractivity contribution is 0.631. The van der Waals surface area contributed by atoms with E-state index in [2.05, 4.69) is 20.3 Å². The van der Waals surface area contributed by atoms with Gasteiger partial charge in [0.05, 0.1) is 11.4 Å². The third-order valence-corrected chi connectivity index (χ3v) is 4.24. The molecule has 3 aromatic heterocycles. The number of hydrogen-bond donors (Lipinski definition) is 1. The lowest BCUT2D eigenvalue weighted by Gasteiger charge is -2.12. The summed E-state index contributed by atoms with van der Waals surface area (Å²) in [6.07, 6.45) is 3.24. The minimum Gasteiger partial charge on any atom is -0.355 e. The number of fused-ring (bicyclic) bond motifs is 1. The zero-order valence-corrected chi connectivity index (χ0v) is 14.8. The molecule has 0 amide bonds. The van der Waals surface area contributed by atoms with Crippen molar-refractivity contribution in [3.8, 4) is 11.3 Å². The van der Waals surface area contributed by atoms with E-state index in [0.29, 0.717) is 27.1 Å². The largest absolute Gasteiger partial charge is 0.355 e. The molecule has 4 aromatic rings. The van der Waals surface area contributed by atoms with Crippen molar-refractivity contribution in [3.05, 3.63) is 76.9 Å². The Balaban J connectivity index is 1.90. The van der Waals surface area contributed by atoms with E-state index in [0.717, 1.165) is 16.8 Å². The Hall–Kier alpha value is -2.76. The standard InChI is InChI=1S/C19H11Cl2FN4/c20-11-3-4-15(22)14(8-11)17-10-16(13-2-1-6-24-19(13)26-17)25-12-5-7-23-18(21)9-12/h1-10H,(H,23,24,25,26). The van der Waals surface area contributed by atoms with Crippen LogP contribution >= 0.6 is 23.2 Å². The van der Waals surface area contributed by atoms with Crippen molar-refractivity contribution in [2.75, 3.05) is 5.32 Å². The molecule has 0 aliphatic carbocycles. The molecule has 128 valence electrons. The molecule has 0 saturated heterocycles. The predicted molar refractivity (Wildman–Crippen MR) is 102 cm³/mol. The van der Waals surface area contributed by atoms with Gasteiger partial charge in [0.25, 0.3) is 0 Å². The summed E-state index contributed by atoms with van der Waals surface area (Å²) in [4.78, 5) is 12.7. The molecule has 1 aromatic carbocycles. The topological polar surface area (TPSA) is 50.7 Å². The summed E-state index contributed by atoms with van der Waals surface area (Å²) in [6, 6.07) is 13.3. The van der Waals surface area contributed by atoms with E-state index in [1.807, 2.05) is 12.1 Å². The molecule has 26 heavy (non-hydrogen) atoms. The third-order valence-electron chi connectivity index (χ3n) is 3.79. The Morgan fingerprint density at radius 3 is 2.65 bits per heavy atom. The molecule has 4 rings (SSSR count). The molecule has 1 N–H and O–H groups in total. The third kappa shape index (κ3) is 3.31. The predicted octanol–water partition coefficient (Wildman–Crippen LogP) is 5.88. The zero-order chi connectivity index (χ0) is 18.1. The SMILES string of the molecule is Fc1ccc(Cl)cc1-c1cc(Nc2ccnc(Cl)c2)c2cccnc2n1. The maximum atomic E-state index is 14.3. The van der Waals surface area contributed by atoms with Gasteiger partial charge in [-0.15, -0.1) is 0 Å². The summed E-state index contributed by atoms with van der Waals surface area (Å²) in [5.74, 6) is -0.407. The summed E-state index contributed by atoms with van der Waals surface area (Å²) in [5.41, 5.74) is 2.70. The van der Waals surface area contributed by atoms with Crippen molar-refractivity contribution in [1.29, 1.82) is 0 Å². The first kappa shape index (κ1) is 16.7. The Labute approximate surface area is 158 Å². The van der Waals surface area contributed by atoms with Crippen molar-refractivity contribution in [2.24, 2.45) is 0 Å². The molecule has 4 nitrogen and oxygen atoms in total. The molecular formula is C19H11Cl2FN4. The Morgan fingerprint density at radius 1 is 0.923 bits per heavy atom. The number of pyridine rings is 3. The zero-order valence-electron chi connectivity index (χ0n) is 13.2. The van der Waals surface area contributed by atoms with Crippen molar-refractivity contribution in [2.45, 2.75) is 0 Å². The quantitative estimate of drug-likeness (QED) is 0.448. The van der Waals surface area contributed by atoms with E-state index in [-0.39, 0.29) is 0 Å². The van der Waals surface area contributed by atoms with Gasteiger partial charge in [0.1, 0.15) is 11.0 Å². The molecule has 0 spiro atoms. The Morgan fingerprint density at radius 2 is 1.81 bits per heavy atom. The van der Waals surface area contributed by atoms with Crippen LogP contribution in [0.25, 0.3) is 22.3 Å². The van der Waals surface area contributed by atoms with Gasteiger partial charge in [-0.05, 0) is 48.5 Å². The lowest BCUT2D eigenvalue weighted by Crippen LogP contribution is -1.97. The number of hydrogen-bond acceptors (Lipinski definition) is 4. The maximum absolute atomic E-state index is 14.3. The highest BCUT2D eigenvalue weighted by Gasteiger charge is 2.12. The number of anilines is 2. The van der Waals surface area contributed by atoms with Crippen molar-refractivity contribution < 1.29 is 4.39 Å². The number of aromatic nitrogens is 3. The number of nitrogens with one attached hydrogen (secondary N) is 1. The summed E-state index contributed by atoms with van der Waals surface area (Å²) in [5, 5.41) is 4.87.